The Balaban J connectivity index is 2.15. The highest BCUT2D eigenvalue weighted by atomic mass is 35.5. The molecule has 5 nitrogen and oxygen atoms in total. The molecule has 0 atom stereocenters. The van der Waals surface area contributed by atoms with Gasteiger partial charge in [0.2, 0.25) is 0 Å². The highest BCUT2D eigenvalue weighted by molar-refractivity contribution is 6.30. The number of nitro groups is 1. The molecule has 0 amide bonds. The predicted octanol–water partition coefficient (Wildman–Crippen LogP) is 3.70. The molecule has 0 aliphatic carbocycles. The number of nitriles is 1. The zero-order valence-corrected chi connectivity index (χ0v) is 11.0. The second kappa shape index (κ2) is 6.04. The van der Waals surface area contributed by atoms with E-state index in [9.17, 15) is 10.1 Å². The van der Waals surface area contributed by atoms with Crippen molar-refractivity contribution in [1.82, 2.24) is 0 Å². The van der Waals surface area contributed by atoms with E-state index in [1.165, 1.54) is 18.2 Å². The van der Waals surface area contributed by atoms with Gasteiger partial charge in [-0.2, -0.15) is 5.26 Å². The third-order valence-electron chi connectivity index (χ3n) is 2.60. The van der Waals surface area contributed by atoms with Gasteiger partial charge in [0.15, 0.2) is 0 Å². The monoisotopic (exact) mass is 288 g/mol. The summed E-state index contributed by atoms with van der Waals surface area (Å²) >= 11 is 5.78. The number of non-ortho nitro benzene ring substituents is 1. The Labute approximate surface area is 120 Å². The van der Waals surface area contributed by atoms with E-state index in [0.29, 0.717) is 10.8 Å². The van der Waals surface area contributed by atoms with E-state index in [2.05, 4.69) is 0 Å². The molecule has 0 saturated carbocycles. The first-order valence-electron chi connectivity index (χ1n) is 5.66. The molecule has 2 rings (SSSR count). The average molecular weight is 289 g/mol. The van der Waals surface area contributed by atoms with Gasteiger partial charge in [0.25, 0.3) is 5.69 Å². The van der Waals surface area contributed by atoms with Crippen molar-refractivity contribution >= 4 is 17.3 Å². The van der Waals surface area contributed by atoms with E-state index in [-0.39, 0.29) is 17.9 Å². The van der Waals surface area contributed by atoms with Gasteiger partial charge in [-0.3, -0.25) is 10.1 Å². The smallest absolute Gasteiger partial charge is 0.271 e. The van der Waals surface area contributed by atoms with Crippen LogP contribution in [0.5, 0.6) is 5.75 Å². The maximum Gasteiger partial charge on any atom is 0.271 e. The highest BCUT2D eigenvalue weighted by Gasteiger charge is 2.11. The second-order valence-electron chi connectivity index (χ2n) is 3.96. The van der Waals surface area contributed by atoms with Crippen molar-refractivity contribution in [2.24, 2.45) is 0 Å². The molecule has 0 bridgehead atoms. The Kier molecular flexibility index (Phi) is 4.18. The molecule has 20 heavy (non-hydrogen) atoms. The third kappa shape index (κ3) is 3.25. The molecule has 0 heterocycles. The molecule has 0 N–H and O–H groups in total. The van der Waals surface area contributed by atoms with E-state index in [1.807, 2.05) is 6.07 Å². The van der Waals surface area contributed by atoms with Gasteiger partial charge in [0, 0.05) is 17.2 Å². The largest absolute Gasteiger partial charge is 0.488 e. The Bertz CT molecular complexity index is 678. The van der Waals surface area contributed by atoms with Crippen LogP contribution in [-0.4, -0.2) is 4.92 Å². The van der Waals surface area contributed by atoms with Crippen LogP contribution in [0.25, 0.3) is 0 Å². The van der Waals surface area contributed by atoms with Crippen LogP contribution in [0.2, 0.25) is 5.02 Å². The normalized spacial score (nSPS) is 9.80. The minimum absolute atomic E-state index is 0.133. The summed E-state index contributed by atoms with van der Waals surface area (Å²) in [5, 5.41) is 20.2. The molecule has 0 fully saturated rings. The summed E-state index contributed by atoms with van der Waals surface area (Å²) in [7, 11) is 0. The average Bonchev–Trinajstić information content (AvgIpc) is 2.46. The lowest BCUT2D eigenvalue weighted by Crippen LogP contribution is -1.98. The van der Waals surface area contributed by atoms with Gasteiger partial charge in [-0.25, -0.2) is 0 Å². The van der Waals surface area contributed by atoms with E-state index < -0.39 is 4.92 Å². The SMILES string of the molecule is N#Cc1cc([N+](=O)[O-])ccc1OCc1ccc(Cl)cc1. The van der Waals surface area contributed by atoms with Crippen molar-refractivity contribution in [3.05, 3.63) is 68.7 Å². The van der Waals surface area contributed by atoms with Crippen molar-refractivity contribution in [2.45, 2.75) is 6.61 Å². The highest BCUT2D eigenvalue weighted by Crippen LogP contribution is 2.24. The molecule has 6 heteroatoms. The third-order valence-corrected chi connectivity index (χ3v) is 2.85. The second-order valence-corrected chi connectivity index (χ2v) is 4.40. The molecular weight excluding hydrogens is 280 g/mol. The Morgan fingerprint density at radius 1 is 1.25 bits per heavy atom. The number of hydrogen-bond donors (Lipinski definition) is 0. The number of hydrogen-bond acceptors (Lipinski definition) is 4. The Morgan fingerprint density at radius 2 is 1.95 bits per heavy atom. The Morgan fingerprint density at radius 3 is 2.55 bits per heavy atom. The van der Waals surface area contributed by atoms with Crippen LogP contribution in [-0.2, 0) is 6.61 Å². The first kappa shape index (κ1) is 13.8. The minimum Gasteiger partial charge on any atom is -0.488 e. The molecule has 2 aromatic carbocycles. The lowest BCUT2D eigenvalue weighted by molar-refractivity contribution is -0.384. The van der Waals surface area contributed by atoms with Crippen LogP contribution in [0.15, 0.2) is 42.5 Å². The summed E-state index contributed by atoms with van der Waals surface area (Å²) in [6.45, 7) is 0.254. The summed E-state index contributed by atoms with van der Waals surface area (Å²) in [4.78, 5) is 10.1. The van der Waals surface area contributed by atoms with Gasteiger partial charge in [0.1, 0.15) is 24.0 Å². The van der Waals surface area contributed by atoms with Crippen LogP contribution < -0.4 is 4.74 Å². The maximum atomic E-state index is 10.6. The van der Waals surface area contributed by atoms with Crippen molar-refractivity contribution in [2.75, 3.05) is 0 Å². The molecule has 0 spiro atoms. The maximum absolute atomic E-state index is 10.6. The lowest BCUT2D eigenvalue weighted by atomic mass is 10.2. The van der Waals surface area contributed by atoms with Crippen LogP contribution in [0.4, 0.5) is 5.69 Å². The van der Waals surface area contributed by atoms with E-state index in [1.54, 1.807) is 24.3 Å². The quantitative estimate of drug-likeness (QED) is 0.635. The standard InChI is InChI=1S/C14H9ClN2O3/c15-12-3-1-10(2-4-12)9-20-14-6-5-13(17(18)19)7-11(14)8-16/h1-7H,9H2. The van der Waals surface area contributed by atoms with Crippen molar-refractivity contribution < 1.29 is 9.66 Å². The summed E-state index contributed by atoms with van der Waals surface area (Å²) in [5.41, 5.74) is 0.880. The fourth-order valence-electron chi connectivity index (χ4n) is 1.59. The van der Waals surface area contributed by atoms with Gasteiger partial charge < -0.3 is 4.74 Å². The molecule has 0 aliphatic rings. The van der Waals surface area contributed by atoms with Gasteiger partial charge in [-0.15, -0.1) is 0 Å². The van der Waals surface area contributed by atoms with Crippen LogP contribution in [0, 0.1) is 21.4 Å². The topological polar surface area (TPSA) is 76.2 Å². The van der Waals surface area contributed by atoms with E-state index in [4.69, 9.17) is 21.6 Å². The van der Waals surface area contributed by atoms with E-state index in [0.717, 1.165) is 5.56 Å². The summed E-state index contributed by atoms with van der Waals surface area (Å²) < 4.78 is 5.50. The van der Waals surface area contributed by atoms with Gasteiger partial charge >= 0.3 is 0 Å². The molecular formula is C14H9ClN2O3. The van der Waals surface area contributed by atoms with Crippen molar-refractivity contribution in [3.63, 3.8) is 0 Å². The van der Waals surface area contributed by atoms with Crippen LogP contribution in [0.3, 0.4) is 0 Å². The number of rotatable bonds is 4. The molecule has 0 saturated heterocycles. The first-order chi connectivity index (χ1) is 9.60. The van der Waals surface area contributed by atoms with Gasteiger partial charge in [-0.05, 0) is 23.8 Å². The summed E-state index contributed by atoms with van der Waals surface area (Å²) in [5.74, 6) is 0.313. The predicted molar refractivity (Wildman–Crippen MR) is 73.6 cm³/mol. The lowest BCUT2D eigenvalue weighted by Gasteiger charge is -2.07. The number of halogens is 1. The van der Waals surface area contributed by atoms with Gasteiger partial charge in [0.05, 0.1) is 4.92 Å². The minimum atomic E-state index is -0.552. The molecule has 0 aliphatic heterocycles. The zero-order chi connectivity index (χ0) is 14.5. The summed E-state index contributed by atoms with van der Waals surface area (Å²) in [6.07, 6.45) is 0. The zero-order valence-electron chi connectivity index (χ0n) is 10.2. The molecule has 2 aromatic rings. The fraction of sp³-hybridized carbons (Fsp3) is 0.0714. The van der Waals surface area contributed by atoms with Gasteiger partial charge in [-0.1, -0.05) is 23.7 Å². The number of ether oxygens (including phenoxy) is 1. The van der Waals surface area contributed by atoms with Crippen LogP contribution >= 0.6 is 11.6 Å². The molecule has 100 valence electrons. The number of nitrogens with zero attached hydrogens (tertiary/aromatic N) is 2. The number of benzene rings is 2. The Hall–Kier alpha value is -2.58. The van der Waals surface area contributed by atoms with Crippen molar-refractivity contribution in [1.29, 1.82) is 5.26 Å². The van der Waals surface area contributed by atoms with Crippen molar-refractivity contribution in [3.8, 4) is 11.8 Å². The summed E-state index contributed by atoms with van der Waals surface area (Å²) in [6, 6.07) is 12.9. The molecule has 0 radical (unpaired) electrons. The molecule has 0 unspecified atom stereocenters. The van der Waals surface area contributed by atoms with Crippen LogP contribution in [0.1, 0.15) is 11.1 Å². The van der Waals surface area contributed by atoms with E-state index >= 15 is 0 Å². The first-order valence-corrected chi connectivity index (χ1v) is 6.04. The number of nitro benzene ring substituents is 1. The molecule has 0 aromatic heterocycles. The fourth-order valence-corrected chi connectivity index (χ4v) is 1.71.